The Labute approximate surface area is 169 Å². The number of thiophene rings is 1. The molecule has 0 saturated carbocycles. The van der Waals surface area contributed by atoms with Crippen molar-refractivity contribution in [3.05, 3.63) is 57.4 Å². The van der Waals surface area contributed by atoms with Crippen molar-refractivity contribution in [2.45, 2.75) is 33.1 Å². The monoisotopic (exact) mass is 395 g/mol. The van der Waals surface area contributed by atoms with E-state index in [1.165, 1.54) is 16.1 Å². The number of anilines is 1. The van der Waals surface area contributed by atoms with Crippen molar-refractivity contribution < 1.29 is 9.32 Å². The van der Waals surface area contributed by atoms with Crippen LogP contribution in [0.1, 0.15) is 39.8 Å². The minimum atomic E-state index is -0.137. The third-order valence-electron chi connectivity index (χ3n) is 5.23. The van der Waals surface area contributed by atoms with Crippen LogP contribution < -0.4 is 10.2 Å². The van der Waals surface area contributed by atoms with Gasteiger partial charge in [-0.2, -0.15) is 0 Å². The van der Waals surface area contributed by atoms with Crippen LogP contribution in [-0.4, -0.2) is 30.7 Å². The summed E-state index contributed by atoms with van der Waals surface area (Å²) in [5.41, 5.74) is 4.96. The van der Waals surface area contributed by atoms with Crippen molar-refractivity contribution in [2.24, 2.45) is 0 Å². The van der Waals surface area contributed by atoms with Gasteiger partial charge in [0.25, 0.3) is 5.91 Å². The van der Waals surface area contributed by atoms with E-state index in [1.54, 1.807) is 11.3 Å². The van der Waals surface area contributed by atoms with E-state index >= 15 is 0 Å². The molecule has 2 heterocycles. The van der Waals surface area contributed by atoms with Crippen LogP contribution in [-0.2, 0) is 12.8 Å². The van der Waals surface area contributed by atoms with Crippen molar-refractivity contribution >= 4 is 22.9 Å². The predicted octanol–water partition coefficient (Wildman–Crippen LogP) is 4.46. The largest absolute Gasteiger partial charge is 0.372 e. The Morgan fingerprint density at radius 3 is 3.04 bits per heavy atom. The van der Waals surface area contributed by atoms with E-state index in [9.17, 15) is 4.79 Å². The van der Waals surface area contributed by atoms with E-state index in [0.717, 1.165) is 49.2 Å². The summed E-state index contributed by atoms with van der Waals surface area (Å²) >= 11 is 1.73. The number of carbonyl (C=O) groups excluding carboxylic acids is 1. The van der Waals surface area contributed by atoms with E-state index in [-0.39, 0.29) is 5.91 Å². The van der Waals surface area contributed by atoms with Crippen molar-refractivity contribution in [3.63, 3.8) is 0 Å². The normalized spacial score (nSPS) is 12.4. The molecule has 5 nitrogen and oxygen atoms in total. The van der Waals surface area contributed by atoms with Crippen LogP contribution in [0.4, 0.5) is 5.69 Å². The minimum absolute atomic E-state index is 0.137. The molecule has 0 radical (unpaired) electrons. The summed E-state index contributed by atoms with van der Waals surface area (Å²) in [7, 11) is 0. The molecule has 0 fully saturated rings. The highest BCUT2D eigenvalue weighted by atomic mass is 32.1. The van der Waals surface area contributed by atoms with Crippen LogP contribution >= 0.6 is 11.3 Å². The van der Waals surface area contributed by atoms with Gasteiger partial charge in [0.1, 0.15) is 0 Å². The first kappa shape index (κ1) is 18.7. The van der Waals surface area contributed by atoms with Crippen LogP contribution in [0.15, 0.2) is 40.2 Å². The first-order chi connectivity index (χ1) is 13.7. The molecule has 0 saturated heterocycles. The second-order valence-electron chi connectivity index (χ2n) is 7.12. The number of hydrogen-bond acceptors (Lipinski definition) is 5. The van der Waals surface area contributed by atoms with Crippen molar-refractivity contribution in [2.75, 3.05) is 24.5 Å². The molecule has 1 aliphatic rings. The molecule has 1 amide bonds. The Bertz CT molecular complexity index is 976. The van der Waals surface area contributed by atoms with Gasteiger partial charge in [0.15, 0.2) is 11.5 Å². The van der Waals surface area contributed by atoms with Crippen LogP contribution in [0.5, 0.6) is 0 Å². The zero-order valence-electron chi connectivity index (χ0n) is 16.3. The molecule has 0 unspecified atom stereocenters. The fraction of sp³-hybridized carbons (Fsp3) is 0.364. The number of hydrogen-bond donors (Lipinski definition) is 1. The summed E-state index contributed by atoms with van der Waals surface area (Å²) in [6.07, 6.45) is 2.64. The second-order valence-corrected chi connectivity index (χ2v) is 8.13. The summed E-state index contributed by atoms with van der Waals surface area (Å²) < 4.78 is 5.51. The number of amides is 1. The van der Waals surface area contributed by atoms with E-state index in [1.807, 2.05) is 0 Å². The van der Waals surface area contributed by atoms with Crippen LogP contribution in [0.2, 0.25) is 0 Å². The maximum atomic E-state index is 12.6. The van der Waals surface area contributed by atoms with Crippen LogP contribution in [0.25, 0.3) is 11.3 Å². The first-order valence-corrected chi connectivity index (χ1v) is 10.7. The molecule has 146 valence electrons. The maximum absolute atomic E-state index is 12.6. The SMILES string of the molecule is CCN(CCCNC(=O)c1noc2c1CCc1sccc1-2)c1cccc(C)c1. The van der Waals surface area contributed by atoms with Gasteiger partial charge in [0.2, 0.25) is 0 Å². The molecule has 3 aromatic rings. The number of rotatable bonds is 7. The van der Waals surface area contributed by atoms with Gasteiger partial charge in [-0.3, -0.25) is 4.79 Å². The van der Waals surface area contributed by atoms with Gasteiger partial charge in [0.05, 0.1) is 0 Å². The molecule has 1 aromatic carbocycles. The number of benzene rings is 1. The number of nitrogens with zero attached hydrogens (tertiary/aromatic N) is 2. The van der Waals surface area contributed by atoms with E-state index < -0.39 is 0 Å². The van der Waals surface area contributed by atoms with Gasteiger partial charge < -0.3 is 14.7 Å². The molecular formula is C22H25N3O2S. The molecule has 0 atom stereocenters. The summed E-state index contributed by atoms with van der Waals surface area (Å²) in [5, 5.41) is 9.15. The number of carbonyl (C=O) groups is 1. The molecule has 0 aliphatic heterocycles. The number of nitrogens with one attached hydrogen (secondary N) is 1. The van der Waals surface area contributed by atoms with Gasteiger partial charge in [-0.1, -0.05) is 17.3 Å². The highest BCUT2D eigenvalue weighted by molar-refractivity contribution is 7.10. The van der Waals surface area contributed by atoms with Crippen LogP contribution in [0, 0.1) is 6.92 Å². The van der Waals surface area contributed by atoms with Crippen molar-refractivity contribution in [1.82, 2.24) is 10.5 Å². The molecule has 4 rings (SSSR count). The second kappa shape index (κ2) is 8.19. The third-order valence-corrected chi connectivity index (χ3v) is 6.21. The Morgan fingerprint density at radius 1 is 1.32 bits per heavy atom. The first-order valence-electron chi connectivity index (χ1n) is 9.82. The molecule has 0 bridgehead atoms. The predicted molar refractivity (Wildman–Crippen MR) is 113 cm³/mol. The van der Waals surface area contributed by atoms with E-state index in [2.05, 4.69) is 64.9 Å². The zero-order chi connectivity index (χ0) is 19.5. The molecule has 2 aromatic heterocycles. The van der Waals surface area contributed by atoms with Gasteiger partial charge in [-0.15, -0.1) is 11.3 Å². The zero-order valence-corrected chi connectivity index (χ0v) is 17.1. The lowest BCUT2D eigenvalue weighted by atomic mass is 9.95. The van der Waals surface area contributed by atoms with Crippen LogP contribution in [0.3, 0.4) is 0 Å². The van der Waals surface area contributed by atoms with Gasteiger partial charge >= 0.3 is 0 Å². The molecule has 28 heavy (non-hydrogen) atoms. The Kier molecular flexibility index (Phi) is 5.48. The topological polar surface area (TPSA) is 58.4 Å². The minimum Gasteiger partial charge on any atom is -0.372 e. The smallest absolute Gasteiger partial charge is 0.273 e. The highest BCUT2D eigenvalue weighted by Crippen LogP contribution is 2.37. The molecular weight excluding hydrogens is 370 g/mol. The quantitative estimate of drug-likeness (QED) is 0.600. The lowest BCUT2D eigenvalue weighted by Crippen LogP contribution is -2.30. The standard InChI is InChI=1S/C22H25N3O2S/c1-3-25(16-7-4-6-15(2)14-16)12-5-11-23-22(26)20-18-8-9-19-17(10-13-28-19)21(18)27-24-20/h4,6-7,10,13-14H,3,5,8-9,11-12H2,1-2H3,(H,23,26). The Hall–Kier alpha value is -2.60. The summed E-state index contributed by atoms with van der Waals surface area (Å²) in [6.45, 7) is 6.72. The highest BCUT2D eigenvalue weighted by Gasteiger charge is 2.28. The van der Waals surface area contributed by atoms with Gasteiger partial charge in [-0.05, 0) is 62.3 Å². The number of aryl methyl sites for hydroxylation is 2. The Morgan fingerprint density at radius 2 is 2.21 bits per heavy atom. The fourth-order valence-corrected chi connectivity index (χ4v) is 4.63. The van der Waals surface area contributed by atoms with E-state index in [0.29, 0.717) is 12.2 Å². The molecule has 1 aliphatic carbocycles. The molecule has 0 spiro atoms. The van der Waals surface area contributed by atoms with Crippen molar-refractivity contribution in [3.8, 4) is 11.3 Å². The Balaban J connectivity index is 1.33. The third kappa shape index (κ3) is 3.69. The average molecular weight is 396 g/mol. The molecule has 1 N–H and O–H groups in total. The lowest BCUT2D eigenvalue weighted by molar-refractivity contribution is 0.0943. The van der Waals surface area contributed by atoms with Crippen molar-refractivity contribution in [1.29, 1.82) is 0 Å². The average Bonchev–Trinajstić information content (AvgIpc) is 3.34. The van der Waals surface area contributed by atoms with Gasteiger partial charge in [0, 0.05) is 41.3 Å². The lowest BCUT2D eigenvalue weighted by Gasteiger charge is -2.23. The summed E-state index contributed by atoms with van der Waals surface area (Å²) in [4.78, 5) is 16.3. The number of aromatic nitrogens is 1. The summed E-state index contributed by atoms with van der Waals surface area (Å²) in [5.74, 6) is 0.631. The van der Waals surface area contributed by atoms with Gasteiger partial charge in [-0.25, -0.2) is 0 Å². The van der Waals surface area contributed by atoms with E-state index in [4.69, 9.17) is 4.52 Å². The fourth-order valence-electron chi connectivity index (χ4n) is 3.76. The number of fused-ring (bicyclic) bond motifs is 3. The molecule has 6 heteroatoms. The maximum Gasteiger partial charge on any atom is 0.273 e. The summed E-state index contributed by atoms with van der Waals surface area (Å²) in [6, 6.07) is 10.6.